The van der Waals surface area contributed by atoms with E-state index in [0.717, 1.165) is 6.42 Å². The molecule has 0 spiro atoms. The van der Waals surface area contributed by atoms with Crippen molar-refractivity contribution in [2.45, 2.75) is 51.2 Å². The van der Waals surface area contributed by atoms with Gasteiger partial charge in [-0.3, -0.25) is 4.79 Å². The largest absolute Gasteiger partial charge is 0.480 e. The zero-order valence-corrected chi connectivity index (χ0v) is 12.1. The van der Waals surface area contributed by atoms with Crippen molar-refractivity contribution in [3.8, 4) is 0 Å². The van der Waals surface area contributed by atoms with Crippen molar-refractivity contribution in [2.75, 3.05) is 0 Å². The zero-order chi connectivity index (χ0) is 14.6. The first-order chi connectivity index (χ1) is 8.81. The SMILES string of the molecule is CCCn1cc(S(=O)(=O)N[C@@H](CC)C(=O)O)nc1C. The van der Waals surface area contributed by atoms with E-state index < -0.39 is 22.0 Å². The molecule has 0 saturated heterocycles. The lowest BCUT2D eigenvalue weighted by Crippen LogP contribution is -2.40. The average Bonchev–Trinajstić information content (AvgIpc) is 2.69. The number of aliphatic carboxylic acids is 1. The van der Waals surface area contributed by atoms with Crippen molar-refractivity contribution >= 4 is 16.0 Å². The average molecular weight is 289 g/mol. The van der Waals surface area contributed by atoms with Crippen LogP contribution in [0.2, 0.25) is 0 Å². The highest BCUT2D eigenvalue weighted by molar-refractivity contribution is 7.89. The molecule has 2 N–H and O–H groups in total. The lowest BCUT2D eigenvalue weighted by atomic mass is 10.2. The highest BCUT2D eigenvalue weighted by Gasteiger charge is 2.26. The third-order valence-electron chi connectivity index (χ3n) is 2.70. The first-order valence-electron chi connectivity index (χ1n) is 6.10. The molecule has 0 aromatic carbocycles. The van der Waals surface area contributed by atoms with Crippen molar-refractivity contribution in [2.24, 2.45) is 0 Å². The van der Waals surface area contributed by atoms with Gasteiger partial charge in [0.05, 0.1) is 0 Å². The van der Waals surface area contributed by atoms with Gasteiger partial charge in [0.1, 0.15) is 11.9 Å². The molecule has 7 nitrogen and oxygen atoms in total. The summed E-state index contributed by atoms with van der Waals surface area (Å²) >= 11 is 0. The molecule has 0 saturated carbocycles. The molecule has 0 radical (unpaired) electrons. The Morgan fingerprint density at radius 1 is 1.53 bits per heavy atom. The lowest BCUT2D eigenvalue weighted by Gasteiger charge is -2.10. The topological polar surface area (TPSA) is 101 Å². The van der Waals surface area contributed by atoms with Gasteiger partial charge in [0.25, 0.3) is 10.0 Å². The second-order valence-corrected chi connectivity index (χ2v) is 5.90. The van der Waals surface area contributed by atoms with E-state index in [1.165, 1.54) is 6.20 Å². The van der Waals surface area contributed by atoms with Gasteiger partial charge in [0.15, 0.2) is 5.03 Å². The summed E-state index contributed by atoms with van der Waals surface area (Å²) in [6.45, 7) is 5.96. The molecule has 0 fully saturated rings. The fraction of sp³-hybridized carbons (Fsp3) is 0.636. The second-order valence-electron chi connectivity index (χ2n) is 4.24. The normalized spacial score (nSPS) is 13.4. The Morgan fingerprint density at radius 3 is 2.63 bits per heavy atom. The number of sulfonamides is 1. The maximum absolute atomic E-state index is 12.0. The summed E-state index contributed by atoms with van der Waals surface area (Å²) in [5.74, 6) is -0.610. The predicted molar refractivity (Wildman–Crippen MR) is 69.3 cm³/mol. The van der Waals surface area contributed by atoms with Crippen LogP contribution in [-0.4, -0.2) is 35.1 Å². The van der Waals surface area contributed by atoms with Crippen molar-refractivity contribution in [1.82, 2.24) is 14.3 Å². The van der Waals surface area contributed by atoms with Crippen molar-refractivity contribution in [1.29, 1.82) is 0 Å². The van der Waals surface area contributed by atoms with Crippen LogP contribution < -0.4 is 4.72 Å². The van der Waals surface area contributed by atoms with Crippen molar-refractivity contribution in [3.63, 3.8) is 0 Å². The highest BCUT2D eigenvalue weighted by atomic mass is 32.2. The number of rotatable bonds is 7. The third kappa shape index (κ3) is 3.77. The summed E-state index contributed by atoms with van der Waals surface area (Å²) in [4.78, 5) is 14.8. The van der Waals surface area contributed by atoms with Crippen LogP contribution in [0.3, 0.4) is 0 Å². The molecule has 8 heteroatoms. The van der Waals surface area contributed by atoms with Crippen molar-refractivity contribution < 1.29 is 18.3 Å². The minimum atomic E-state index is -3.90. The van der Waals surface area contributed by atoms with Crippen LogP contribution in [-0.2, 0) is 21.4 Å². The zero-order valence-electron chi connectivity index (χ0n) is 11.3. The van der Waals surface area contributed by atoms with Crippen LogP contribution >= 0.6 is 0 Å². The standard InChI is InChI=1S/C11H19N3O4S/c1-4-6-14-7-10(12-8(14)3)19(17,18)13-9(5-2)11(15)16/h7,9,13H,4-6H2,1-3H3,(H,15,16)/t9-/m0/s1. The van der Waals surface area contributed by atoms with Crippen LogP contribution in [0, 0.1) is 6.92 Å². The van der Waals surface area contributed by atoms with Gasteiger partial charge in [0, 0.05) is 12.7 Å². The first kappa shape index (κ1) is 15.6. The Labute approximate surface area is 112 Å². The smallest absolute Gasteiger partial charge is 0.321 e. The van der Waals surface area contributed by atoms with Crippen LogP contribution in [0.5, 0.6) is 0 Å². The van der Waals surface area contributed by atoms with Gasteiger partial charge in [-0.1, -0.05) is 13.8 Å². The van der Waals surface area contributed by atoms with Gasteiger partial charge < -0.3 is 9.67 Å². The van der Waals surface area contributed by atoms with Crippen LogP contribution in [0.1, 0.15) is 32.5 Å². The molecule has 0 unspecified atom stereocenters. The van der Waals surface area contributed by atoms with E-state index in [0.29, 0.717) is 12.4 Å². The number of nitrogens with one attached hydrogen (secondary N) is 1. The number of hydrogen-bond donors (Lipinski definition) is 2. The molecule has 1 rings (SSSR count). The van der Waals surface area contributed by atoms with Gasteiger partial charge in [-0.25, -0.2) is 13.4 Å². The lowest BCUT2D eigenvalue weighted by molar-refractivity contribution is -0.139. The van der Waals surface area contributed by atoms with Crippen LogP contribution in [0.4, 0.5) is 0 Å². The molecule has 1 aromatic rings. The molecule has 0 aliphatic heterocycles. The summed E-state index contributed by atoms with van der Waals surface area (Å²) in [5, 5.41) is 8.73. The fourth-order valence-corrected chi connectivity index (χ4v) is 2.91. The molecule has 0 aliphatic rings. The number of aryl methyl sites for hydroxylation is 2. The Kier molecular flexibility index (Phi) is 5.07. The molecule has 108 valence electrons. The molecular formula is C11H19N3O4S. The summed E-state index contributed by atoms with van der Waals surface area (Å²) in [5.41, 5.74) is 0. The Hall–Kier alpha value is -1.41. The molecular weight excluding hydrogens is 270 g/mol. The molecule has 1 atom stereocenters. The quantitative estimate of drug-likeness (QED) is 0.771. The number of carboxylic acid groups (broad SMARTS) is 1. The summed E-state index contributed by atoms with van der Waals surface area (Å²) < 4.78 is 27.9. The minimum Gasteiger partial charge on any atom is -0.480 e. The van der Waals surface area contributed by atoms with E-state index in [2.05, 4.69) is 9.71 Å². The van der Waals surface area contributed by atoms with Crippen LogP contribution in [0.15, 0.2) is 11.2 Å². The van der Waals surface area contributed by atoms with Crippen LogP contribution in [0.25, 0.3) is 0 Å². The van der Waals surface area contributed by atoms with E-state index >= 15 is 0 Å². The number of carbonyl (C=O) groups is 1. The molecule has 0 aliphatic carbocycles. The van der Waals surface area contributed by atoms with Crippen molar-refractivity contribution in [3.05, 3.63) is 12.0 Å². The fourth-order valence-electron chi connectivity index (χ4n) is 1.63. The number of imidazole rings is 1. The number of hydrogen-bond acceptors (Lipinski definition) is 4. The van der Waals surface area contributed by atoms with Gasteiger partial charge in [0.2, 0.25) is 0 Å². The summed E-state index contributed by atoms with van der Waals surface area (Å²) in [6, 6.07) is -1.14. The molecule has 19 heavy (non-hydrogen) atoms. The van der Waals surface area contributed by atoms with E-state index in [1.807, 2.05) is 6.92 Å². The Morgan fingerprint density at radius 2 is 2.16 bits per heavy atom. The Balaban J connectivity index is 3.00. The molecule has 1 aromatic heterocycles. The van der Waals surface area contributed by atoms with E-state index in [9.17, 15) is 13.2 Å². The monoisotopic (exact) mass is 289 g/mol. The van der Waals surface area contributed by atoms with Gasteiger partial charge in [-0.15, -0.1) is 0 Å². The summed E-state index contributed by atoms with van der Waals surface area (Å²) in [7, 11) is -3.90. The molecule has 0 amide bonds. The van der Waals surface area contributed by atoms with Gasteiger partial charge in [-0.2, -0.15) is 4.72 Å². The minimum absolute atomic E-state index is 0.141. The highest BCUT2D eigenvalue weighted by Crippen LogP contribution is 2.11. The first-order valence-corrected chi connectivity index (χ1v) is 7.59. The number of aromatic nitrogens is 2. The Bertz CT molecular complexity index is 550. The maximum atomic E-state index is 12.0. The van der Waals surface area contributed by atoms with E-state index in [4.69, 9.17) is 5.11 Å². The number of carboxylic acids is 1. The summed E-state index contributed by atoms with van der Waals surface area (Å²) in [6.07, 6.45) is 2.45. The predicted octanol–water partition coefficient (Wildman–Crippen LogP) is 0.743. The molecule has 0 bridgehead atoms. The van der Waals surface area contributed by atoms with Gasteiger partial charge >= 0.3 is 5.97 Å². The number of nitrogens with zero attached hydrogens (tertiary/aromatic N) is 2. The maximum Gasteiger partial charge on any atom is 0.321 e. The third-order valence-corrected chi connectivity index (χ3v) is 4.04. The van der Waals surface area contributed by atoms with E-state index in [-0.39, 0.29) is 11.4 Å². The molecule has 1 heterocycles. The van der Waals surface area contributed by atoms with Gasteiger partial charge in [-0.05, 0) is 19.8 Å². The second kappa shape index (κ2) is 6.16. The van der Waals surface area contributed by atoms with E-state index in [1.54, 1.807) is 18.4 Å².